The summed E-state index contributed by atoms with van der Waals surface area (Å²) in [4.78, 5) is 4.46. The summed E-state index contributed by atoms with van der Waals surface area (Å²) in [6, 6.07) is 16.6. The number of nitrogens with two attached hydrogens (primary N) is 1. The van der Waals surface area contributed by atoms with Crippen LogP contribution in [-0.2, 0) is 6.42 Å². The van der Waals surface area contributed by atoms with Crippen LogP contribution in [-0.4, -0.2) is 4.98 Å². The molecule has 3 rings (SSSR count). The molecule has 0 aliphatic rings. The molecule has 1 aromatic heterocycles. The van der Waals surface area contributed by atoms with Gasteiger partial charge in [0.25, 0.3) is 0 Å². The molecule has 0 aliphatic heterocycles. The number of hydrogen-bond acceptors (Lipinski definition) is 2. The predicted molar refractivity (Wildman–Crippen MR) is 81.0 cm³/mol. The van der Waals surface area contributed by atoms with E-state index in [0.717, 1.165) is 23.4 Å². The highest BCUT2D eigenvalue weighted by Gasteiger charge is 2.11. The van der Waals surface area contributed by atoms with Gasteiger partial charge in [-0.2, -0.15) is 0 Å². The van der Waals surface area contributed by atoms with Crippen LogP contribution in [0.15, 0.2) is 54.7 Å². The molecule has 0 atom stereocenters. The zero-order chi connectivity index (χ0) is 13.2. The first-order valence-corrected chi connectivity index (χ1v) is 6.52. The number of nitrogens with zero attached hydrogens (tertiary/aromatic N) is 1. The quantitative estimate of drug-likeness (QED) is 0.743. The summed E-state index contributed by atoms with van der Waals surface area (Å²) >= 11 is 0. The molecule has 0 unspecified atom stereocenters. The van der Waals surface area contributed by atoms with Crippen molar-refractivity contribution in [3.8, 4) is 11.1 Å². The van der Waals surface area contributed by atoms with Crippen molar-refractivity contribution in [3.63, 3.8) is 0 Å². The number of aryl methyl sites for hydroxylation is 1. The van der Waals surface area contributed by atoms with Gasteiger partial charge in [-0.05, 0) is 28.8 Å². The second-order valence-corrected chi connectivity index (χ2v) is 4.60. The number of anilines is 1. The van der Waals surface area contributed by atoms with E-state index in [1.54, 1.807) is 6.20 Å². The zero-order valence-electron chi connectivity index (χ0n) is 10.9. The fourth-order valence-corrected chi connectivity index (χ4v) is 2.54. The summed E-state index contributed by atoms with van der Waals surface area (Å²) in [6.07, 6.45) is 2.66. The molecule has 2 N–H and O–H groups in total. The van der Waals surface area contributed by atoms with Crippen LogP contribution < -0.4 is 5.73 Å². The smallest absolute Gasteiger partial charge is 0.0500 e. The maximum atomic E-state index is 6.18. The molecule has 2 aromatic carbocycles. The highest BCUT2D eigenvalue weighted by atomic mass is 14.7. The maximum absolute atomic E-state index is 6.18. The van der Waals surface area contributed by atoms with Gasteiger partial charge in [-0.3, -0.25) is 4.98 Å². The van der Waals surface area contributed by atoms with E-state index in [1.807, 2.05) is 6.07 Å². The summed E-state index contributed by atoms with van der Waals surface area (Å²) in [6.45, 7) is 2.11. The number of nitrogen functional groups attached to an aromatic ring is 1. The van der Waals surface area contributed by atoms with Crippen molar-refractivity contribution in [3.05, 3.63) is 60.4 Å². The summed E-state index contributed by atoms with van der Waals surface area (Å²) in [5, 5.41) is 2.45. The lowest BCUT2D eigenvalue weighted by Gasteiger charge is -2.12. The second kappa shape index (κ2) is 4.73. The van der Waals surface area contributed by atoms with E-state index < -0.39 is 0 Å². The minimum atomic E-state index is 0.795. The van der Waals surface area contributed by atoms with Gasteiger partial charge in [0.15, 0.2) is 0 Å². The van der Waals surface area contributed by atoms with Crippen LogP contribution in [0.5, 0.6) is 0 Å². The molecular weight excluding hydrogens is 232 g/mol. The van der Waals surface area contributed by atoms with E-state index in [9.17, 15) is 0 Å². The van der Waals surface area contributed by atoms with Gasteiger partial charge in [-0.1, -0.05) is 49.4 Å². The topological polar surface area (TPSA) is 38.9 Å². The van der Waals surface area contributed by atoms with Gasteiger partial charge in [0.1, 0.15) is 0 Å². The Kier molecular flexibility index (Phi) is 2.92. The lowest BCUT2D eigenvalue weighted by molar-refractivity contribution is 1.04. The second-order valence-electron chi connectivity index (χ2n) is 4.60. The van der Waals surface area contributed by atoms with Crippen molar-refractivity contribution in [2.75, 3.05) is 5.73 Å². The summed E-state index contributed by atoms with van der Waals surface area (Å²) in [5.41, 5.74) is 10.3. The monoisotopic (exact) mass is 248 g/mol. The van der Waals surface area contributed by atoms with E-state index in [4.69, 9.17) is 5.73 Å². The molecule has 0 amide bonds. The van der Waals surface area contributed by atoms with Crippen molar-refractivity contribution in [2.45, 2.75) is 13.3 Å². The van der Waals surface area contributed by atoms with Crippen molar-refractivity contribution < 1.29 is 0 Å². The van der Waals surface area contributed by atoms with Crippen LogP contribution in [0.4, 0.5) is 5.69 Å². The lowest BCUT2D eigenvalue weighted by Crippen LogP contribution is -1.98. The first kappa shape index (κ1) is 11.7. The Hall–Kier alpha value is -2.35. The van der Waals surface area contributed by atoms with Gasteiger partial charge in [0.2, 0.25) is 0 Å². The number of aromatic nitrogens is 1. The third-order valence-electron chi connectivity index (χ3n) is 3.46. The third kappa shape index (κ3) is 1.95. The van der Waals surface area contributed by atoms with Crippen molar-refractivity contribution in [1.29, 1.82) is 0 Å². The van der Waals surface area contributed by atoms with Crippen molar-refractivity contribution in [1.82, 2.24) is 4.98 Å². The van der Waals surface area contributed by atoms with Crippen LogP contribution in [0.3, 0.4) is 0 Å². The molecule has 3 aromatic rings. The van der Waals surface area contributed by atoms with Gasteiger partial charge in [-0.25, -0.2) is 0 Å². The van der Waals surface area contributed by atoms with Crippen molar-refractivity contribution >= 4 is 16.5 Å². The summed E-state index contributed by atoms with van der Waals surface area (Å²) in [5.74, 6) is 0. The number of rotatable bonds is 2. The molecule has 0 radical (unpaired) electrons. The molecule has 0 fully saturated rings. The van der Waals surface area contributed by atoms with Gasteiger partial charge >= 0.3 is 0 Å². The lowest BCUT2D eigenvalue weighted by atomic mass is 9.95. The SMILES string of the molecule is CCc1nccc(N)c1-c1cccc2ccccc12. The first-order chi connectivity index (χ1) is 9.31. The van der Waals surface area contributed by atoms with E-state index in [2.05, 4.69) is 54.4 Å². The molecule has 1 heterocycles. The molecule has 2 nitrogen and oxygen atoms in total. The number of fused-ring (bicyclic) bond motifs is 1. The number of benzene rings is 2. The minimum absolute atomic E-state index is 0.795. The van der Waals surface area contributed by atoms with Crippen LogP contribution in [0.25, 0.3) is 21.9 Å². The largest absolute Gasteiger partial charge is 0.398 e. The maximum Gasteiger partial charge on any atom is 0.0500 e. The molecular formula is C17H16N2. The van der Waals surface area contributed by atoms with Crippen molar-refractivity contribution in [2.24, 2.45) is 0 Å². The van der Waals surface area contributed by atoms with E-state index in [0.29, 0.717) is 0 Å². The zero-order valence-corrected chi connectivity index (χ0v) is 10.9. The third-order valence-corrected chi connectivity index (χ3v) is 3.46. The molecule has 19 heavy (non-hydrogen) atoms. The van der Waals surface area contributed by atoms with Gasteiger partial charge < -0.3 is 5.73 Å². The van der Waals surface area contributed by atoms with E-state index in [1.165, 1.54) is 16.3 Å². The molecule has 0 bridgehead atoms. The first-order valence-electron chi connectivity index (χ1n) is 6.52. The van der Waals surface area contributed by atoms with Gasteiger partial charge in [-0.15, -0.1) is 0 Å². The molecule has 94 valence electrons. The van der Waals surface area contributed by atoms with Gasteiger partial charge in [0.05, 0.1) is 0 Å². The van der Waals surface area contributed by atoms with Crippen LogP contribution >= 0.6 is 0 Å². The molecule has 0 saturated carbocycles. The average Bonchev–Trinajstić information content (AvgIpc) is 2.46. The summed E-state index contributed by atoms with van der Waals surface area (Å²) in [7, 11) is 0. The Morgan fingerprint density at radius 1 is 1.00 bits per heavy atom. The fraction of sp³-hybridized carbons (Fsp3) is 0.118. The van der Waals surface area contributed by atoms with Crippen LogP contribution in [0, 0.1) is 0 Å². The Balaban J connectivity index is 2.37. The summed E-state index contributed by atoms with van der Waals surface area (Å²) < 4.78 is 0. The Morgan fingerprint density at radius 2 is 1.79 bits per heavy atom. The number of hydrogen-bond donors (Lipinski definition) is 1. The number of pyridine rings is 1. The van der Waals surface area contributed by atoms with Gasteiger partial charge in [0, 0.05) is 23.1 Å². The van der Waals surface area contributed by atoms with E-state index in [-0.39, 0.29) is 0 Å². The van der Waals surface area contributed by atoms with Crippen LogP contribution in [0.1, 0.15) is 12.6 Å². The molecule has 2 heteroatoms. The van der Waals surface area contributed by atoms with Crippen LogP contribution in [0.2, 0.25) is 0 Å². The molecule has 0 spiro atoms. The highest BCUT2D eigenvalue weighted by Crippen LogP contribution is 2.34. The Morgan fingerprint density at radius 3 is 2.63 bits per heavy atom. The highest BCUT2D eigenvalue weighted by molar-refractivity contribution is 5.99. The Labute approximate surface area is 112 Å². The fourth-order valence-electron chi connectivity index (χ4n) is 2.54. The average molecular weight is 248 g/mol. The normalized spacial score (nSPS) is 10.8. The van der Waals surface area contributed by atoms with E-state index >= 15 is 0 Å². The molecule has 0 aliphatic carbocycles. The predicted octanol–water partition coefficient (Wildman–Crippen LogP) is 4.05. The Bertz CT molecular complexity index is 727. The molecule has 0 saturated heterocycles. The minimum Gasteiger partial charge on any atom is -0.398 e. The standard InChI is InChI=1S/C17H16N2/c1-2-16-17(15(18)10-11-19-16)14-9-5-7-12-6-3-4-8-13(12)14/h3-11H,2H2,1H3,(H2,18,19).